The number of nitro groups is 1. The van der Waals surface area contributed by atoms with Crippen LogP contribution in [0.15, 0.2) is 53.4 Å². The standard InChI is InChI=1S/C17H18ClN3O4S/c18-16-7-6-15(12-17(16)21(22)23)26(24,25)20-10-8-19(9-11-20)13-14-4-2-1-3-5-14/h1-7,12H,8-11,13H2. The van der Waals surface area contributed by atoms with Crippen molar-refractivity contribution in [3.8, 4) is 0 Å². The number of benzene rings is 2. The molecule has 0 spiro atoms. The van der Waals surface area contributed by atoms with E-state index in [9.17, 15) is 18.5 Å². The minimum atomic E-state index is -3.79. The summed E-state index contributed by atoms with van der Waals surface area (Å²) in [4.78, 5) is 12.4. The van der Waals surface area contributed by atoms with Crippen molar-refractivity contribution in [3.05, 3.63) is 69.2 Å². The highest BCUT2D eigenvalue weighted by atomic mass is 35.5. The first-order chi connectivity index (χ1) is 12.4. The van der Waals surface area contributed by atoms with Crippen molar-refractivity contribution >= 4 is 27.3 Å². The Morgan fingerprint density at radius 2 is 1.69 bits per heavy atom. The Labute approximate surface area is 157 Å². The summed E-state index contributed by atoms with van der Waals surface area (Å²) < 4.78 is 26.9. The Morgan fingerprint density at radius 3 is 2.31 bits per heavy atom. The maximum Gasteiger partial charge on any atom is 0.289 e. The zero-order chi connectivity index (χ0) is 18.7. The molecule has 2 aromatic carbocycles. The van der Waals surface area contributed by atoms with Gasteiger partial charge >= 0.3 is 0 Å². The number of nitro benzene ring substituents is 1. The lowest BCUT2D eigenvalue weighted by Gasteiger charge is -2.34. The molecule has 0 saturated carbocycles. The molecule has 0 amide bonds. The summed E-state index contributed by atoms with van der Waals surface area (Å²) in [6, 6.07) is 13.6. The molecule has 1 fully saturated rings. The normalized spacial score (nSPS) is 16.5. The van der Waals surface area contributed by atoms with Gasteiger partial charge in [-0.25, -0.2) is 8.42 Å². The molecule has 9 heteroatoms. The fourth-order valence-electron chi connectivity index (χ4n) is 2.91. The molecule has 3 rings (SSSR count). The van der Waals surface area contributed by atoms with E-state index in [2.05, 4.69) is 4.90 Å². The smallest absolute Gasteiger partial charge is 0.289 e. The summed E-state index contributed by atoms with van der Waals surface area (Å²) in [6.45, 7) is 2.64. The van der Waals surface area contributed by atoms with Gasteiger partial charge in [0.15, 0.2) is 0 Å². The molecule has 0 aromatic heterocycles. The van der Waals surface area contributed by atoms with Gasteiger partial charge in [0.1, 0.15) is 5.02 Å². The summed E-state index contributed by atoms with van der Waals surface area (Å²) in [5, 5.41) is 10.9. The average molecular weight is 396 g/mol. The Balaban J connectivity index is 1.70. The van der Waals surface area contributed by atoms with Gasteiger partial charge in [-0.3, -0.25) is 15.0 Å². The van der Waals surface area contributed by atoms with Gasteiger partial charge in [-0.1, -0.05) is 41.9 Å². The minimum Gasteiger partial charge on any atom is -0.296 e. The van der Waals surface area contributed by atoms with Gasteiger partial charge in [-0.2, -0.15) is 4.31 Å². The fraction of sp³-hybridized carbons (Fsp3) is 0.294. The Morgan fingerprint density at radius 1 is 1.04 bits per heavy atom. The van der Waals surface area contributed by atoms with Gasteiger partial charge in [0.05, 0.1) is 9.82 Å². The van der Waals surface area contributed by atoms with Gasteiger partial charge in [0.2, 0.25) is 10.0 Å². The van der Waals surface area contributed by atoms with E-state index in [0.717, 1.165) is 12.6 Å². The molecule has 26 heavy (non-hydrogen) atoms. The molecule has 0 aliphatic carbocycles. The van der Waals surface area contributed by atoms with E-state index >= 15 is 0 Å². The maximum absolute atomic E-state index is 12.8. The maximum atomic E-state index is 12.8. The summed E-state index contributed by atoms with van der Waals surface area (Å²) in [5.41, 5.74) is 0.771. The first kappa shape index (κ1) is 18.8. The number of halogens is 1. The lowest BCUT2D eigenvalue weighted by molar-refractivity contribution is -0.384. The first-order valence-electron chi connectivity index (χ1n) is 8.08. The van der Waals surface area contributed by atoms with Gasteiger partial charge in [-0.15, -0.1) is 0 Å². The van der Waals surface area contributed by atoms with Crippen LogP contribution in [0.5, 0.6) is 0 Å². The van der Waals surface area contributed by atoms with Gasteiger partial charge in [0.25, 0.3) is 5.69 Å². The van der Waals surface area contributed by atoms with Crippen molar-refractivity contribution in [2.75, 3.05) is 26.2 Å². The highest BCUT2D eigenvalue weighted by Gasteiger charge is 2.30. The van der Waals surface area contributed by atoms with Crippen molar-refractivity contribution in [2.45, 2.75) is 11.4 Å². The van der Waals surface area contributed by atoms with Crippen LogP contribution in [0.4, 0.5) is 5.69 Å². The van der Waals surface area contributed by atoms with E-state index in [1.165, 1.54) is 22.0 Å². The van der Waals surface area contributed by atoms with E-state index in [1.807, 2.05) is 30.3 Å². The number of rotatable bonds is 5. The molecule has 2 aromatic rings. The van der Waals surface area contributed by atoms with Crippen molar-refractivity contribution in [2.24, 2.45) is 0 Å². The second-order valence-corrected chi connectivity index (χ2v) is 8.38. The topological polar surface area (TPSA) is 83.8 Å². The van der Waals surface area contributed by atoms with Crippen molar-refractivity contribution < 1.29 is 13.3 Å². The van der Waals surface area contributed by atoms with Crippen LogP contribution in [0.2, 0.25) is 5.02 Å². The third kappa shape index (κ3) is 4.04. The van der Waals surface area contributed by atoms with Crippen LogP contribution in [-0.4, -0.2) is 48.7 Å². The Bertz CT molecular complexity index is 897. The van der Waals surface area contributed by atoms with E-state index < -0.39 is 20.6 Å². The quantitative estimate of drug-likeness (QED) is 0.574. The lowest BCUT2D eigenvalue weighted by Crippen LogP contribution is -2.48. The summed E-state index contributed by atoms with van der Waals surface area (Å²) in [5.74, 6) is 0. The molecule has 7 nitrogen and oxygen atoms in total. The molecule has 0 unspecified atom stereocenters. The molecule has 0 atom stereocenters. The minimum absolute atomic E-state index is 0.0818. The summed E-state index contributed by atoms with van der Waals surface area (Å²) >= 11 is 5.77. The molecule has 0 bridgehead atoms. The Kier molecular flexibility index (Phi) is 5.57. The Hall–Kier alpha value is -2.00. The number of nitrogens with zero attached hydrogens (tertiary/aromatic N) is 3. The van der Waals surface area contributed by atoms with E-state index in [1.54, 1.807) is 0 Å². The zero-order valence-corrected chi connectivity index (χ0v) is 15.5. The number of hydrogen-bond donors (Lipinski definition) is 0. The third-order valence-electron chi connectivity index (χ3n) is 4.33. The average Bonchev–Trinajstić information content (AvgIpc) is 2.63. The van der Waals surface area contributed by atoms with Crippen LogP contribution < -0.4 is 0 Å². The number of hydrogen-bond acceptors (Lipinski definition) is 5. The molecule has 1 aliphatic rings. The van der Waals surface area contributed by atoms with E-state index in [4.69, 9.17) is 11.6 Å². The molecule has 0 N–H and O–H groups in total. The number of sulfonamides is 1. The molecule has 1 aliphatic heterocycles. The van der Waals surface area contributed by atoms with Crippen LogP contribution >= 0.6 is 11.6 Å². The second-order valence-electron chi connectivity index (χ2n) is 6.04. The first-order valence-corrected chi connectivity index (χ1v) is 9.90. The second kappa shape index (κ2) is 7.71. The SMILES string of the molecule is O=[N+]([O-])c1cc(S(=O)(=O)N2CCN(Cc3ccccc3)CC2)ccc1Cl. The van der Waals surface area contributed by atoms with Crippen molar-refractivity contribution in [1.82, 2.24) is 9.21 Å². The molecule has 0 radical (unpaired) electrons. The molecule has 1 heterocycles. The van der Waals surface area contributed by atoms with Crippen LogP contribution in [0.1, 0.15) is 5.56 Å². The highest BCUT2D eigenvalue weighted by Crippen LogP contribution is 2.29. The number of piperazine rings is 1. The largest absolute Gasteiger partial charge is 0.296 e. The predicted molar refractivity (Wildman–Crippen MR) is 98.6 cm³/mol. The third-order valence-corrected chi connectivity index (χ3v) is 6.55. The molecule has 1 saturated heterocycles. The monoisotopic (exact) mass is 395 g/mol. The molecular weight excluding hydrogens is 378 g/mol. The molecule has 138 valence electrons. The van der Waals surface area contributed by atoms with Gasteiger partial charge in [-0.05, 0) is 17.7 Å². The zero-order valence-electron chi connectivity index (χ0n) is 13.9. The van der Waals surface area contributed by atoms with Crippen LogP contribution in [0.25, 0.3) is 0 Å². The van der Waals surface area contributed by atoms with Crippen LogP contribution in [0, 0.1) is 10.1 Å². The van der Waals surface area contributed by atoms with E-state index in [-0.39, 0.29) is 9.92 Å². The summed E-state index contributed by atoms with van der Waals surface area (Å²) in [7, 11) is -3.79. The van der Waals surface area contributed by atoms with Crippen molar-refractivity contribution in [3.63, 3.8) is 0 Å². The summed E-state index contributed by atoms with van der Waals surface area (Å²) in [6.07, 6.45) is 0. The van der Waals surface area contributed by atoms with Crippen molar-refractivity contribution in [1.29, 1.82) is 0 Å². The highest BCUT2D eigenvalue weighted by molar-refractivity contribution is 7.89. The lowest BCUT2D eigenvalue weighted by atomic mass is 10.2. The van der Waals surface area contributed by atoms with Crippen LogP contribution in [-0.2, 0) is 16.6 Å². The van der Waals surface area contributed by atoms with Gasteiger partial charge < -0.3 is 0 Å². The van der Waals surface area contributed by atoms with Gasteiger partial charge in [0, 0.05) is 38.8 Å². The predicted octanol–water partition coefficient (Wildman–Crippen LogP) is 2.75. The fourth-order valence-corrected chi connectivity index (χ4v) is 4.54. The van der Waals surface area contributed by atoms with E-state index in [0.29, 0.717) is 26.2 Å². The van der Waals surface area contributed by atoms with Crippen LogP contribution in [0.3, 0.4) is 0 Å². The molecular formula is C17H18ClN3O4S.